The first kappa shape index (κ1) is 23.0. The molecule has 3 aromatic carbocycles. The molecule has 3 amide bonds. The summed E-state index contributed by atoms with van der Waals surface area (Å²) in [6, 6.07) is 20.7. The number of rotatable bonds is 7. The van der Waals surface area contributed by atoms with Gasteiger partial charge < -0.3 is 16.0 Å². The number of urea groups is 1. The van der Waals surface area contributed by atoms with Crippen LogP contribution in [-0.4, -0.2) is 26.4 Å². The topological polar surface area (TPSA) is 116 Å². The molecule has 0 saturated heterocycles. The molecule has 4 N–H and O–H groups in total. The number of carbonyl (C=O) groups is 2. The second kappa shape index (κ2) is 10.1. The summed E-state index contributed by atoms with van der Waals surface area (Å²) in [4.78, 5) is 24.8. The highest BCUT2D eigenvalue weighted by atomic mass is 32.2. The van der Waals surface area contributed by atoms with Crippen molar-refractivity contribution in [1.82, 2.24) is 4.72 Å². The Morgan fingerprint density at radius 2 is 1.28 bits per heavy atom. The van der Waals surface area contributed by atoms with Gasteiger partial charge in [0.1, 0.15) is 0 Å². The number of nitrogens with one attached hydrogen (secondary N) is 4. The molecule has 0 heterocycles. The summed E-state index contributed by atoms with van der Waals surface area (Å²) < 4.78 is 26.9. The van der Waals surface area contributed by atoms with Gasteiger partial charge in [-0.2, -0.15) is 0 Å². The molecule has 8 nitrogen and oxygen atoms in total. The first-order chi connectivity index (χ1) is 15.2. The lowest BCUT2D eigenvalue weighted by atomic mass is 10.2. The summed E-state index contributed by atoms with van der Waals surface area (Å²) in [5.41, 5.74) is 1.93. The van der Waals surface area contributed by atoms with E-state index in [1.165, 1.54) is 24.3 Å². The van der Waals surface area contributed by atoms with Gasteiger partial charge in [0.25, 0.3) is 5.91 Å². The number of hydrogen-bond donors (Lipinski definition) is 4. The highest BCUT2D eigenvalue weighted by Gasteiger charge is 2.16. The fourth-order valence-corrected chi connectivity index (χ4v) is 4.11. The predicted octanol–water partition coefficient (Wildman–Crippen LogP) is 4.27. The zero-order valence-electron chi connectivity index (χ0n) is 17.6. The zero-order valence-corrected chi connectivity index (χ0v) is 18.4. The average molecular weight is 453 g/mol. The highest BCUT2D eigenvalue weighted by molar-refractivity contribution is 7.89. The van der Waals surface area contributed by atoms with Gasteiger partial charge in [-0.25, -0.2) is 17.9 Å². The molecule has 32 heavy (non-hydrogen) atoms. The molecule has 3 aromatic rings. The Kier molecular flexibility index (Phi) is 7.24. The van der Waals surface area contributed by atoms with Crippen LogP contribution in [0.4, 0.5) is 21.9 Å². The van der Waals surface area contributed by atoms with Crippen LogP contribution in [0.15, 0.2) is 83.8 Å². The van der Waals surface area contributed by atoms with Crippen molar-refractivity contribution in [3.8, 4) is 0 Å². The third kappa shape index (κ3) is 6.40. The number of para-hydroxylation sites is 1. The van der Waals surface area contributed by atoms with Crippen LogP contribution in [0.25, 0.3) is 0 Å². The lowest BCUT2D eigenvalue weighted by Gasteiger charge is -2.11. The monoisotopic (exact) mass is 452 g/mol. The first-order valence-corrected chi connectivity index (χ1v) is 11.4. The third-order valence-electron chi connectivity index (χ3n) is 4.23. The van der Waals surface area contributed by atoms with Crippen LogP contribution in [0.5, 0.6) is 0 Å². The van der Waals surface area contributed by atoms with Crippen LogP contribution in [-0.2, 0) is 10.0 Å². The Labute approximate surface area is 187 Å². The summed E-state index contributed by atoms with van der Waals surface area (Å²) in [5.74, 6) is -0.406. The molecule has 0 aromatic heterocycles. The van der Waals surface area contributed by atoms with Gasteiger partial charge in [-0.15, -0.1) is 0 Å². The number of benzene rings is 3. The van der Waals surface area contributed by atoms with Crippen molar-refractivity contribution in [2.45, 2.75) is 24.8 Å². The molecule has 0 radical (unpaired) electrons. The van der Waals surface area contributed by atoms with E-state index in [2.05, 4.69) is 20.7 Å². The van der Waals surface area contributed by atoms with E-state index < -0.39 is 22.0 Å². The molecule has 0 aliphatic heterocycles. The van der Waals surface area contributed by atoms with E-state index in [0.29, 0.717) is 22.6 Å². The number of sulfonamides is 1. The standard InChI is InChI=1S/C23H24N4O4S/c1-16(2)27-32(30,31)21-13-11-17(12-14-21)22(28)24-19-9-6-10-20(15-19)26-23(29)25-18-7-4-3-5-8-18/h3-16,27H,1-2H3,(H,24,28)(H2,25,26,29). The second-order valence-electron chi connectivity index (χ2n) is 7.28. The van der Waals surface area contributed by atoms with Crippen molar-refractivity contribution in [3.05, 3.63) is 84.4 Å². The molecule has 0 aliphatic rings. The lowest BCUT2D eigenvalue weighted by Crippen LogP contribution is -2.30. The van der Waals surface area contributed by atoms with E-state index in [9.17, 15) is 18.0 Å². The largest absolute Gasteiger partial charge is 0.323 e. The summed E-state index contributed by atoms with van der Waals surface area (Å²) in [6.07, 6.45) is 0. The minimum atomic E-state index is -3.63. The SMILES string of the molecule is CC(C)NS(=O)(=O)c1ccc(C(=O)Nc2cccc(NC(=O)Nc3ccccc3)c2)cc1. The van der Waals surface area contributed by atoms with Crippen molar-refractivity contribution < 1.29 is 18.0 Å². The fourth-order valence-electron chi connectivity index (χ4n) is 2.86. The highest BCUT2D eigenvalue weighted by Crippen LogP contribution is 2.18. The van der Waals surface area contributed by atoms with Crippen molar-refractivity contribution in [2.24, 2.45) is 0 Å². The maximum atomic E-state index is 12.6. The summed E-state index contributed by atoms with van der Waals surface area (Å²) in [7, 11) is -3.63. The average Bonchev–Trinajstić information content (AvgIpc) is 2.74. The molecular formula is C23H24N4O4S. The predicted molar refractivity (Wildman–Crippen MR) is 125 cm³/mol. The smallest absolute Gasteiger partial charge is 0.322 e. The molecule has 0 bridgehead atoms. The molecule has 3 rings (SSSR count). The summed E-state index contributed by atoms with van der Waals surface area (Å²) in [6.45, 7) is 3.46. The van der Waals surface area contributed by atoms with E-state index in [-0.39, 0.29) is 10.9 Å². The number of carbonyl (C=O) groups excluding carboxylic acids is 2. The van der Waals surface area contributed by atoms with Gasteiger partial charge >= 0.3 is 6.03 Å². The van der Waals surface area contributed by atoms with Crippen LogP contribution in [0.2, 0.25) is 0 Å². The third-order valence-corrected chi connectivity index (χ3v) is 5.90. The van der Waals surface area contributed by atoms with Crippen molar-refractivity contribution >= 4 is 39.0 Å². The lowest BCUT2D eigenvalue weighted by molar-refractivity contribution is 0.102. The van der Waals surface area contributed by atoms with E-state index in [1.54, 1.807) is 50.2 Å². The molecule has 0 aliphatic carbocycles. The van der Waals surface area contributed by atoms with E-state index in [1.807, 2.05) is 18.2 Å². The van der Waals surface area contributed by atoms with Crippen molar-refractivity contribution in [1.29, 1.82) is 0 Å². The van der Waals surface area contributed by atoms with Crippen LogP contribution in [0.3, 0.4) is 0 Å². The second-order valence-corrected chi connectivity index (χ2v) is 8.99. The molecule has 166 valence electrons. The fraction of sp³-hybridized carbons (Fsp3) is 0.130. The van der Waals surface area contributed by atoms with Gasteiger partial charge in [0.2, 0.25) is 10.0 Å². The first-order valence-electron chi connectivity index (χ1n) is 9.90. The molecular weight excluding hydrogens is 428 g/mol. The van der Waals surface area contributed by atoms with E-state index in [0.717, 1.165) is 0 Å². The zero-order chi connectivity index (χ0) is 23.1. The molecule has 0 spiro atoms. The minimum absolute atomic E-state index is 0.0818. The van der Waals surface area contributed by atoms with Crippen LogP contribution >= 0.6 is 0 Å². The van der Waals surface area contributed by atoms with Gasteiger partial charge in [0.15, 0.2) is 0 Å². The Balaban J connectivity index is 1.63. The normalized spacial score (nSPS) is 11.1. The van der Waals surface area contributed by atoms with E-state index >= 15 is 0 Å². The molecule has 9 heteroatoms. The molecule has 0 unspecified atom stereocenters. The molecule has 0 saturated carbocycles. The Morgan fingerprint density at radius 3 is 1.91 bits per heavy atom. The molecule has 0 atom stereocenters. The Bertz CT molecular complexity index is 1190. The van der Waals surface area contributed by atoms with Gasteiger partial charge in [0, 0.05) is 28.7 Å². The van der Waals surface area contributed by atoms with Crippen LogP contribution in [0, 0.1) is 0 Å². The summed E-state index contributed by atoms with van der Waals surface area (Å²) in [5, 5.41) is 8.16. The van der Waals surface area contributed by atoms with Gasteiger partial charge in [-0.1, -0.05) is 24.3 Å². The Hall–Kier alpha value is -3.69. The van der Waals surface area contributed by atoms with Gasteiger partial charge in [-0.05, 0) is 68.4 Å². The van der Waals surface area contributed by atoms with Crippen molar-refractivity contribution in [2.75, 3.05) is 16.0 Å². The minimum Gasteiger partial charge on any atom is -0.322 e. The molecule has 0 fully saturated rings. The number of hydrogen-bond acceptors (Lipinski definition) is 4. The summed E-state index contributed by atoms with van der Waals surface area (Å²) >= 11 is 0. The number of anilines is 3. The number of amides is 3. The van der Waals surface area contributed by atoms with Gasteiger partial charge in [-0.3, -0.25) is 4.79 Å². The van der Waals surface area contributed by atoms with Crippen LogP contribution < -0.4 is 20.7 Å². The van der Waals surface area contributed by atoms with E-state index in [4.69, 9.17) is 0 Å². The Morgan fingerprint density at radius 1 is 0.719 bits per heavy atom. The maximum absolute atomic E-state index is 12.6. The van der Waals surface area contributed by atoms with Gasteiger partial charge in [0.05, 0.1) is 4.90 Å². The van der Waals surface area contributed by atoms with Crippen molar-refractivity contribution in [3.63, 3.8) is 0 Å². The van der Waals surface area contributed by atoms with Crippen LogP contribution in [0.1, 0.15) is 24.2 Å². The quantitative estimate of drug-likeness (QED) is 0.428. The maximum Gasteiger partial charge on any atom is 0.323 e.